The van der Waals surface area contributed by atoms with Crippen LogP contribution in [0.5, 0.6) is 5.75 Å². The van der Waals surface area contributed by atoms with Gasteiger partial charge >= 0.3 is 0 Å². The summed E-state index contributed by atoms with van der Waals surface area (Å²) in [6, 6.07) is 5.08. The van der Waals surface area contributed by atoms with E-state index < -0.39 is 0 Å². The van der Waals surface area contributed by atoms with Crippen molar-refractivity contribution in [2.75, 3.05) is 33.3 Å². The molecule has 0 bridgehead atoms. The Morgan fingerprint density at radius 3 is 2.71 bits per heavy atom. The lowest BCUT2D eigenvalue weighted by Crippen LogP contribution is -2.42. The van der Waals surface area contributed by atoms with Crippen molar-refractivity contribution in [1.29, 1.82) is 0 Å². The number of benzene rings is 1. The third-order valence-electron chi connectivity index (χ3n) is 2.86. The molecule has 1 aliphatic heterocycles. The van der Waals surface area contributed by atoms with Crippen LogP contribution in [0, 0.1) is 5.82 Å². The van der Waals surface area contributed by atoms with Crippen molar-refractivity contribution in [3.8, 4) is 5.75 Å². The molecule has 1 aromatic carbocycles. The fourth-order valence-electron chi connectivity index (χ4n) is 2.02. The van der Waals surface area contributed by atoms with Crippen LogP contribution in [0.3, 0.4) is 0 Å². The summed E-state index contributed by atoms with van der Waals surface area (Å²) in [6.07, 6.45) is 0. The van der Waals surface area contributed by atoms with Gasteiger partial charge in [0.05, 0.1) is 7.11 Å². The topological polar surface area (TPSA) is 24.5 Å². The number of para-hydroxylation sites is 1. The number of halogens is 2. The Kier molecular flexibility index (Phi) is 5.88. The minimum atomic E-state index is -0.282. The Morgan fingerprint density at radius 1 is 1.35 bits per heavy atom. The summed E-state index contributed by atoms with van der Waals surface area (Å²) in [5, 5.41) is 3.29. The number of nitrogens with one attached hydrogen (secondary N) is 1. The molecule has 1 fully saturated rings. The monoisotopic (exact) mass is 304 g/mol. The average Bonchev–Trinajstić information content (AvgIpc) is 2.31. The van der Waals surface area contributed by atoms with Gasteiger partial charge in [0, 0.05) is 38.3 Å². The smallest absolute Gasteiger partial charge is 0.165 e. The van der Waals surface area contributed by atoms with Crippen molar-refractivity contribution >= 4 is 17.0 Å². The minimum absolute atomic E-state index is 0. The van der Waals surface area contributed by atoms with Crippen LogP contribution in [0.1, 0.15) is 5.56 Å². The van der Waals surface area contributed by atoms with E-state index in [4.69, 9.17) is 4.74 Å². The first-order valence-electron chi connectivity index (χ1n) is 5.55. The number of piperazine rings is 1. The van der Waals surface area contributed by atoms with Crippen molar-refractivity contribution in [2.45, 2.75) is 6.54 Å². The van der Waals surface area contributed by atoms with Gasteiger partial charge in [0.25, 0.3) is 0 Å². The lowest BCUT2D eigenvalue weighted by Gasteiger charge is -2.27. The van der Waals surface area contributed by atoms with Crippen molar-refractivity contribution in [3.63, 3.8) is 0 Å². The Labute approximate surface area is 112 Å². The van der Waals surface area contributed by atoms with E-state index >= 15 is 0 Å². The SMILES string of the molecule is Br.COc1c(F)cccc1CN1CCNCC1. The van der Waals surface area contributed by atoms with Crippen LogP contribution in [0.25, 0.3) is 0 Å². The van der Waals surface area contributed by atoms with Gasteiger partial charge in [0.2, 0.25) is 0 Å². The normalized spacial score (nSPS) is 16.4. The maximum absolute atomic E-state index is 13.4. The van der Waals surface area contributed by atoms with Gasteiger partial charge in [-0.3, -0.25) is 4.90 Å². The molecule has 0 saturated carbocycles. The summed E-state index contributed by atoms with van der Waals surface area (Å²) < 4.78 is 18.5. The zero-order valence-corrected chi connectivity index (χ0v) is 11.6. The van der Waals surface area contributed by atoms with E-state index in [0.717, 1.165) is 38.3 Å². The van der Waals surface area contributed by atoms with Gasteiger partial charge in [-0.05, 0) is 6.07 Å². The summed E-state index contributed by atoms with van der Waals surface area (Å²) in [5.74, 6) is 0.0937. The van der Waals surface area contributed by atoms with Crippen molar-refractivity contribution < 1.29 is 9.13 Å². The van der Waals surface area contributed by atoms with Crippen LogP contribution in [0.4, 0.5) is 4.39 Å². The molecule has 3 nitrogen and oxygen atoms in total. The van der Waals surface area contributed by atoms with E-state index in [1.54, 1.807) is 6.07 Å². The zero-order valence-electron chi connectivity index (χ0n) is 9.91. The van der Waals surface area contributed by atoms with Crippen LogP contribution in [0.2, 0.25) is 0 Å². The molecular weight excluding hydrogens is 287 g/mol. The lowest BCUT2D eigenvalue weighted by atomic mass is 10.1. The lowest BCUT2D eigenvalue weighted by molar-refractivity contribution is 0.229. The van der Waals surface area contributed by atoms with E-state index in [1.165, 1.54) is 13.2 Å². The van der Waals surface area contributed by atoms with Gasteiger partial charge in [-0.25, -0.2) is 4.39 Å². The molecule has 1 N–H and O–H groups in total. The molecule has 0 spiro atoms. The van der Waals surface area contributed by atoms with Crippen LogP contribution in [-0.2, 0) is 6.54 Å². The third-order valence-corrected chi connectivity index (χ3v) is 2.86. The fourth-order valence-corrected chi connectivity index (χ4v) is 2.02. The second-order valence-corrected chi connectivity index (χ2v) is 3.96. The second-order valence-electron chi connectivity index (χ2n) is 3.96. The molecule has 0 atom stereocenters. The van der Waals surface area contributed by atoms with E-state index in [2.05, 4.69) is 10.2 Å². The minimum Gasteiger partial charge on any atom is -0.493 e. The zero-order chi connectivity index (χ0) is 11.4. The highest BCUT2D eigenvalue weighted by Crippen LogP contribution is 2.23. The van der Waals surface area contributed by atoms with Crippen molar-refractivity contribution in [1.82, 2.24) is 10.2 Å². The highest BCUT2D eigenvalue weighted by atomic mass is 79.9. The first kappa shape index (κ1) is 14.4. The highest BCUT2D eigenvalue weighted by Gasteiger charge is 2.14. The molecule has 1 aliphatic rings. The molecule has 0 unspecified atom stereocenters. The molecule has 0 aromatic heterocycles. The predicted octanol–water partition coefficient (Wildman–Crippen LogP) is 1.82. The van der Waals surface area contributed by atoms with E-state index in [0.29, 0.717) is 5.75 Å². The molecule has 96 valence electrons. The summed E-state index contributed by atoms with van der Waals surface area (Å²) >= 11 is 0. The molecule has 1 saturated heterocycles. The van der Waals surface area contributed by atoms with Crippen LogP contribution in [0.15, 0.2) is 18.2 Å². The maximum atomic E-state index is 13.4. The maximum Gasteiger partial charge on any atom is 0.165 e. The van der Waals surface area contributed by atoms with Crippen molar-refractivity contribution in [2.24, 2.45) is 0 Å². The first-order valence-corrected chi connectivity index (χ1v) is 5.55. The Balaban J connectivity index is 0.00000144. The van der Waals surface area contributed by atoms with Gasteiger partial charge in [-0.1, -0.05) is 12.1 Å². The molecule has 5 heteroatoms. The number of hydrogen-bond acceptors (Lipinski definition) is 3. The second kappa shape index (κ2) is 6.93. The Hall–Kier alpha value is -0.650. The number of hydrogen-bond donors (Lipinski definition) is 1. The van der Waals surface area contributed by atoms with Crippen LogP contribution < -0.4 is 10.1 Å². The molecule has 0 radical (unpaired) electrons. The van der Waals surface area contributed by atoms with Gasteiger partial charge < -0.3 is 10.1 Å². The van der Waals surface area contributed by atoms with Crippen LogP contribution in [-0.4, -0.2) is 38.2 Å². The van der Waals surface area contributed by atoms with E-state index in [-0.39, 0.29) is 22.8 Å². The molecule has 0 amide bonds. The summed E-state index contributed by atoms with van der Waals surface area (Å²) in [6.45, 7) is 4.75. The number of methoxy groups -OCH3 is 1. The van der Waals surface area contributed by atoms with Gasteiger partial charge in [-0.15, -0.1) is 17.0 Å². The van der Waals surface area contributed by atoms with E-state index in [1.807, 2.05) is 6.07 Å². The largest absolute Gasteiger partial charge is 0.493 e. The number of nitrogens with zero attached hydrogens (tertiary/aromatic N) is 1. The standard InChI is InChI=1S/C12H17FN2O.BrH/c1-16-12-10(3-2-4-11(12)13)9-15-7-5-14-6-8-15;/h2-4,14H,5-9H2,1H3;1H. The van der Waals surface area contributed by atoms with E-state index in [9.17, 15) is 4.39 Å². The van der Waals surface area contributed by atoms with Gasteiger partial charge in [0.15, 0.2) is 11.6 Å². The Bertz CT molecular complexity index is 356. The number of ether oxygens (including phenoxy) is 1. The molecule has 1 aromatic rings. The third kappa shape index (κ3) is 3.66. The average molecular weight is 305 g/mol. The highest BCUT2D eigenvalue weighted by molar-refractivity contribution is 8.93. The van der Waals surface area contributed by atoms with Crippen LogP contribution >= 0.6 is 17.0 Å². The van der Waals surface area contributed by atoms with Crippen molar-refractivity contribution in [3.05, 3.63) is 29.6 Å². The van der Waals surface area contributed by atoms with Gasteiger partial charge in [-0.2, -0.15) is 0 Å². The molecule has 17 heavy (non-hydrogen) atoms. The molecule has 2 rings (SSSR count). The summed E-state index contributed by atoms with van der Waals surface area (Å²) in [7, 11) is 1.51. The summed E-state index contributed by atoms with van der Waals surface area (Å²) in [5.41, 5.74) is 0.921. The Morgan fingerprint density at radius 2 is 2.06 bits per heavy atom. The number of rotatable bonds is 3. The molecular formula is C12H18BrFN2O. The molecule has 1 heterocycles. The predicted molar refractivity (Wildman–Crippen MR) is 71.4 cm³/mol. The van der Waals surface area contributed by atoms with Gasteiger partial charge in [0.1, 0.15) is 0 Å². The fraction of sp³-hybridized carbons (Fsp3) is 0.500. The first-order chi connectivity index (χ1) is 7.81. The summed E-state index contributed by atoms with van der Waals surface area (Å²) in [4.78, 5) is 2.30. The molecule has 0 aliphatic carbocycles. The quantitative estimate of drug-likeness (QED) is 0.922.